The van der Waals surface area contributed by atoms with Crippen LogP contribution in [0.5, 0.6) is 5.88 Å². The molecule has 1 atom stereocenters. The number of carbonyl (C=O) groups excluding carboxylic acids is 1. The Kier molecular flexibility index (Phi) is 5.22. The van der Waals surface area contributed by atoms with Gasteiger partial charge in [0.2, 0.25) is 5.88 Å². The van der Waals surface area contributed by atoms with E-state index in [1.165, 1.54) is 19.4 Å². The van der Waals surface area contributed by atoms with Crippen LogP contribution in [0, 0.1) is 0 Å². The second-order valence-electron chi connectivity index (χ2n) is 4.43. The van der Waals surface area contributed by atoms with Crippen molar-refractivity contribution in [3.05, 3.63) is 53.7 Å². The molecule has 6 nitrogen and oxygen atoms in total. The van der Waals surface area contributed by atoms with Crippen molar-refractivity contribution in [3.8, 4) is 5.88 Å². The smallest absolute Gasteiger partial charge is 0.335 e. The summed E-state index contributed by atoms with van der Waals surface area (Å²) in [6.45, 7) is 0.297. The third kappa shape index (κ3) is 4.54. The lowest BCUT2D eigenvalue weighted by Gasteiger charge is -2.15. The van der Waals surface area contributed by atoms with Gasteiger partial charge in [-0.05, 0) is 11.1 Å². The average Bonchev–Trinajstić information content (AvgIpc) is 2.51. The van der Waals surface area contributed by atoms with Crippen LogP contribution in [0.1, 0.15) is 11.1 Å². The summed E-state index contributed by atoms with van der Waals surface area (Å²) in [4.78, 5) is 11.8. The number of esters is 1. The van der Waals surface area contributed by atoms with Gasteiger partial charge in [-0.2, -0.15) is 5.10 Å². The summed E-state index contributed by atoms with van der Waals surface area (Å²) >= 11 is 0. The minimum absolute atomic E-state index is 0.195. The molecule has 1 aromatic heterocycles. The van der Waals surface area contributed by atoms with Gasteiger partial charge >= 0.3 is 5.97 Å². The lowest BCUT2D eigenvalue weighted by Crippen LogP contribution is -2.28. The number of ether oxygens (including phenoxy) is 2. The first-order valence-electron chi connectivity index (χ1n) is 6.43. The number of nitrogens with zero attached hydrogens (tertiary/aromatic N) is 2. The summed E-state index contributed by atoms with van der Waals surface area (Å²) in [5.41, 5.74) is 1.60. The van der Waals surface area contributed by atoms with Gasteiger partial charge in [0.15, 0.2) is 6.10 Å². The first kappa shape index (κ1) is 14.9. The van der Waals surface area contributed by atoms with E-state index in [-0.39, 0.29) is 12.3 Å². The predicted octanol–water partition coefficient (Wildman–Crippen LogP) is 1.48. The highest BCUT2D eigenvalue weighted by atomic mass is 16.6. The number of aromatic hydroxyl groups is 1. The van der Waals surface area contributed by atoms with Gasteiger partial charge < -0.3 is 14.6 Å². The van der Waals surface area contributed by atoms with E-state index >= 15 is 0 Å². The molecule has 6 heteroatoms. The molecule has 0 aliphatic heterocycles. The Labute approximate surface area is 122 Å². The number of aromatic nitrogens is 2. The molecular formula is C15H16N2O4. The standard InChI is InChI=1S/C15H16N2O4/c1-20-15(19)13(7-12-8-14(18)17-16-9-12)21-10-11-5-3-2-4-6-11/h2-6,8-9,13H,7,10H2,1H3,(H,17,18). The van der Waals surface area contributed by atoms with Crippen LogP contribution >= 0.6 is 0 Å². The van der Waals surface area contributed by atoms with E-state index in [0.717, 1.165) is 5.56 Å². The Morgan fingerprint density at radius 2 is 2.05 bits per heavy atom. The Morgan fingerprint density at radius 3 is 2.71 bits per heavy atom. The van der Waals surface area contributed by atoms with Gasteiger partial charge in [-0.25, -0.2) is 4.79 Å². The highest BCUT2D eigenvalue weighted by molar-refractivity contribution is 5.74. The van der Waals surface area contributed by atoms with Gasteiger partial charge in [0, 0.05) is 12.5 Å². The molecule has 0 aliphatic rings. The Morgan fingerprint density at radius 1 is 1.29 bits per heavy atom. The fourth-order valence-corrected chi connectivity index (χ4v) is 1.83. The van der Waals surface area contributed by atoms with Crippen molar-refractivity contribution in [2.45, 2.75) is 19.1 Å². The summed E-state index contributed by atoms with van der Waals surface area (Å²) in [6.07, 6.45) is 0.961. The van der Waals surface area contributed by atoms with Crippen molar-refractivity contribution >= 4 is 5.97 Å². The lowest BCUT2D eigenvalue weighted by atomic mass is 10.1. The predicted molar refractivity (Wildman–Crippen MR) is 74.4 cm³/mol. The molecule has 21 heavy (non-hydrogen) atoms. The Hall–Kier alpha value is -2.47. The maximum Gasteiger partial charge on any atom is 0.335 e. The largest absolute Gasteiger partial charge is 0.492 e. The van der Waals surface area contributed by atoms with E-state index in [0.29, 0.717) is 12.2 Å². The Balaban J connectivity index is 2.03. The van der Waals surface area contributed by atoms with E-state index in [4.69, 9.17) is 9.47 Å². The van der Waals surface area contributed by atoms with E-state index in [1.807, 2.05) is 30.3 Å². The first-order chi connectivity index (χ1) is 10.2. The number of hydrogen-bond donors (Lipinski definition) is 1. The molecule has 0 saturated heterocycles. The van der Waals surface area contributed by atoms with E-state index in [2.05, 4.69) is 10.2 Å². The van der Waals surface area contributed by atoms with Gasteiger partial charge in [-0.1, -0.05) is 30.3 Å². The van der Waals surface area contributed by atoms with Crippen LogP contribution in [0.4, 0.5) is 0 Å². The van der Waals surface area contributed by atoms with Crippen molar-refractivity contribution < 1.29 is 19.4 Å². The molecular weight excluding hydrogens is 272 g/mol. The zero-order valence-corrected chi connectivity index (χ0v) is 11.6. The highest BCUT2D eigenvalue weighted by Crippen LogP contribution is 2.12. The summed E-state index contributed by atoms with van der Waals surface area (Å²) in [5, 5.41) is 16.4. The second-order valence-corrected chi connectivity index (χ2v) is 4.43. The zero-order chi connectivity index (χ0) is 15.1. The van der Waals surface area contributed by atoms with Gasteiger partial charge in [0.05, 0.1) is 19.9 Å². The lowest BCUT2D eigenvalue weighted by molar-refractivity contribution is -0.154. The van der Waals surface area contributed by atoms with E-state index < -0.39 is 12.1 Å². The SMILES string of the molecule is COC(=O)C(Cc1cnnc(O)c1)OCc1ccccc1. The van der Waals surface area contributed by atoms with Crippen LogP contribution in [0.25, 0.3) is 0 Å². The molecule has 0 spiro atoms. The highest BCUT2D eigenvalue weighted by Gasteiger charge is 2.21. The van der Waals surface area contributed by atoms with Crippen LogP contribution in [0.3, 0.4) is 0 Å². The number of benzene rings is 1. The van der Waals surface area contributed by atoms with E-state index in [9.17, 15) is 9.90 Å². The minimum Gasteiger partial charge on any atom is -0.492 e. The monoisotopic (exact) mass is 288 g/mol. The van der Waals surface area contributed by atoms with Crippen LogP contribution in [-0.4, -0.2) is 34.5 Å². The van der Waals surface area contributed by atoms with Gasteiger partial charge in [0.1, 0.15) is 0 Å². The summed E-state index contributed by atoms with van der Waals surface area (Å²) in [5.74, 6) is -0.665. The van der Waals surface area contributed by atoms with Crippen molar-refractivity contribution in [1.29, 1.82) is 0 Å². The normalized spacial score (nSPS) is 11.9. The quantitative estimate of drug-likeness (QED) is 0.811. The maximum atomic E-state index is 11.8. The molecule has 0 bridgehead atoms. The Bertz CT molecular complexity index is 589. The van der Waals surface area contributed by atoms with Crippen LogP contribution in [-0.2, 0) is 27.3 Å². The summed E-state index contributed by atoms with van der Waals surface area (Å²) < 4.78 is 10.4. The van der Waals surface area contributed by atoms with Crippen molar-refractivity contribution in [2.24, 2.45) is 0 Å². The molecule has 2 aromatic rings. The molecule has 1 unspecified atom stereocenters. The van der Waals surface area contributed by atoms with Crippen molar-refractivity contribution in [1.82, 2.24) is 10.2 Å². The summed E-state index contributed by atoms with van der Waals surface area (Å²) in [7, 11) is 1.31. The van der Waals surface area contributed by atoms with Crippen molar-refractivity contribution in [2.75, 3.05) is 7.11 Å². The maximum absolute atomic E-state index is 11.8. The number of rotatable bonds is 6. The first-order valence-corrected chi connectivity index (χ1v) is 6.43. The number of carbonyl (C=O) groups is 1. The molecule has 0 fully saturated rings. The third-order valence-corrected chi connectivity index (χ3v) is 2.88. The summed E-state index contributed by atoms with van der Waals surface area (Å²) in [6, 6.07) is 11.0. The second kappa shape index (κ2) is 7.35. The number of hydrogen-bond acceptors (Lipinski definition) is 6. The van der Waals surface area contributed by atoms with Crippen molar-refractivity contribution in [3.63, 3.8) is 0 Å². The molecule has 110 valence electrons. The van der Waals surface area contributed by atoms with Gasteiger partial charge in [0.25, 0.3) is 0 Å². The molecule has 0 aliphatic carbocycles. The molecule has 0 saturated carbocycles. The van der Waals surface area contributed by atoms with Crippen LogP contribution < -0.4 is 0 Å². The fraction of sp³-hybridized carbons (Fsp3) is 0.267. The molecule has 0 amide bonds. The minimum atomic E-state index is -0.765. The van der Waals surface area contributed by atoms with Crippen LogP contribution in [0.2, 0.25) is 0 Å². The molecule has 1 N–H and O–H groups in total. The molecule has 1 aromatic carbocycles. The molecule has 1 heterocycles. The molecule has 0 radical (unpaired) electrons. The van der Waals surface area contributed by atoms with E-state index in [1.54, 1.807) is 0 Å². The number of methoxy groups -OCH3 is 1. The zero-order valence-electron chi connectivity index (χ0n) is 11.6. The fourth-order valence-electron chi connectivity index (χ4n) is 1.83. The third-order valence-electron chi connectivity index (χ3n) is 2.88. The van der Waals surface area contributed by atoms with Crippen LogP contribution in [0.15, 0.2) is 42.6 Å². The topological polar surface area (TPSA) is 81.5 Å². The van der Waals surface area contributed by atoms with Gasteiger partial charge in [-0.3, -0.25) is 0 Å². The molecule has 2 rings (SSSR count). The van der Waals surface area contributed by atoms with Gasteiger partial charge in [-0.15, -0.1) is 5.10 Å². The average molecular weight is 288 g/mol.